The minimum atomic E-state index is -0.613. The van der Waals surface area contributed by atoms with Crippen molar-refractivity contribution in [1.29, 1.82) is 0 Å². The molecule has 2 aromatic rings. The number of carbonyl (C=O) groups is 1. The van der Waals surface area contributed by atoms with Crippen LogP contribution >= 0.6 is 23.2 Å². The first-order valence-corrected chi connectivity index (χ1v) is 6.71. The van der Waals surface area contributed by atoms with E-state index in [-0.39, 0.29) is 33.3 Å². The summed E-state index contributed by atoms with van der Waals surface area (Å²) in [5, 5.41) is 0.543. The molecule has 0 atom stereocenters. The third-order valence-corrected chi connectivity index (χ3v) is 3.35. The van der Waals surface area contributed by atoms with E-state index < -0.39 is 11.8 Å². The van der Waals surface area contributed by atoms with Gasteiger partial charge in [-0.15, -0.1) is 0 Å². The number of benzene rings is 2. The molecule has 0 aliphatic heterocycles. The number of esters is 1. The lowest BCUT2D eigenvalue weighted by molar-refractivity contribution is 0.0527. The molecule has 0 bridgehead atoms. The molecule has 0 aliphatic carbocycles. The summed E-state index contributed by atoms with van der Waals surface area (Å²) in [4.78, 5) is 11.9. The van der Waals surface area contributed by atoms with Crippen LogP contribution in [0.4, 0.5) is 4.39 Å². The van der Waals surface area contributed by atoms with Gasteiger partial charge in [-0.2, -0.15) is 0 Å². The Labute approximate surface area is 126 Å². The molecule has 0 radical (unpaired) electrons. The van der Waals surface area contributed by atoms with Gasteiger partial charge in [0.2, 0.25) is 0 Å². The number of carbonyl (C=O) groups excluding carboxylic acids is 1. The Hall–Kier alpha value is -1.58. The molecule has 0 saturated carbocycles. The topological polar surface area (TPSA) is 26.3 Å². The molecule has 0 fully saturated rings. The Morgan fingerprint density at radius 2 is 1.70 bits per heavy atom. The number of hydrogen-bond acceptors (Lipinski definition) is 2. The molecule has 0 N–H and O–H groups in total. The lowest BCUT2D eigenvalue weighted by atomic mass is 9.99. The van der Waals surface area contributed by atoms with Gasteiger partial charge in [0.15, 0.2) is 0 Å². The van der Waals surface area contributed by atoms with Gasteiger partial charge in [-0.25, -0.2) is 9.18 Å². The van der Waals surface area contributed by atoms with Gasteiger partial charge in [-0.05, 0) is 31.2 Å². The molecule has 0 amide bonds. The van der Waals surface area contributed by atoms with Gasteiger partial charge in [0.05, 0.1) is 22.2 Å². The van der Waals surface area contributed by atoms with Gasteiger partial charge in [0.1, 0.15) is 5.82 Å². The Balaban J connectivity index is 2.70. The van der Waals surface area contributed by atoms with Crippen LogP contribution in [0.1, 0.15) is 17.3 Å². The standard InChI is InChI=1S/C15H11Cl2FO2/c1-2-20-15(19)9-5-3-8-12(18)13(9)14-10(16)6-4-7-11(14)17/h3-8H,2H2,1H3. The number of halogens is 3. The summed E-state index contributed by atoms with van der Waals surface area (Å²) in [6.07, 6.45) is 0. The van der Waals surface area contributed by atoms with E-state index in [0.29, 0.717) is 0 Å². The molecule has 0 aromatic heterocycles. The van der Waals surface area contributed by atoms with Crippen LogP contribution in [0.2, 0.25) is 10.0 Å². The van der Waals surface area contributed by atoms with E-state index in [1.807, 2.05) is 0 Å². The first-order valence-electron chi connectivity index (χ1n) is 5.96. The molecule has 2 aromatic carbocycles. The molecule has 0 saturated heterocycles. The van der Waals surface area contributed by atoms with Gasteiger partial charge < -0.3 is 4.74 Å². The van der Waals surface area contributed by atoms with Crippen molar-refractivity contribution < 1.29 is 13.9 Å². The normalized spacial score (nSPS) is 10.4. The van der Waals surface area contributed by atoms with Crippen LogP contribution in [0, 0.1) is 5.82 Å². The number of hydrogen-bond donors (Lipinski definition) is 0. The fourth-order valence-corrected chi connectivity index (χ4v) is 2.48. The van der Waals surface area contributed by atoms with E-state index >= 15 is 0 Å². The van der Waals surface area contributed by atoms with E-state index in [2.05, 4.69) is 0 Å². The summed E-state index contributed by atoms with van der Waals surface area (Å²) in [5.41, 5.74) is 0.445. The largest absolute Gasteiger partial charge is 0.462 e. The summed E-state index contributed by atoms with van der Waals surface area (Å²) in [5.74, 6) is -1.19. The maximum atomic E-state index is 14.2. The van der Waals surface area contributed by atoms with Crippen molar-refractivity contribution in [3.8, 4) is 11.1 Å². The fraction of sp³-hybridized carbons (Fsp3) is 0.133. The summed E-state index contributed by atoms with van der Waals surface area (Å²) < 4.78 is 19.1. The third-order valence-electron chi connectivity index (χ3n) is 2.72. The summed E-state index contributed by atoms with van der Waals surface area (Å²) in [6.45, 7) is 1.88. The zero-order valence-electron chi connectivity index (χ0n) is 10.6. The highest BCUT2D eigenvalue weighted by Crippen LogP contribution is 2.38. The summed E-state index contributed by atoms with van der Waals surface area (Å²) >= 11 is 12.2. The molecule has 20 heavy (non-hydrogen) atoms. The second-order valence-corrected chi connectivity index (χ2v) is 4.79. The Bertz CT molecular complexity index is 636. The second kappa shape index (κ2) is 6.25. The van der Waals surface area contributed by atoms with Crippen molar-refractivity contribution in [1.82, 2.24) is 0 Å². The molecule has 0 spiro atoms. The zero-order chi connectivity index (χ0) is 14.7. The van der Waals surface area contributed by atoms with E-state index in [4.69, 9.17) is 27.9 Å². The average molecular weight is 313 g/mol. The zero-order valence-corrected chi connectivity index (χ0v) is 12.1. The quantitative estimate of drug-likeness (QED) is 0.747. The molecule has 2 rings (SSSR count). The second-order valence-electron chi connectivity index (χ2n) is 3.98. The lowest BCUT2D eigenvalue weighted by Crippen LogP contribution is -2.08. The molecular weight excluding hydrogens is 302 g/mol. The van der Waals surface area contributed by atoms with Crippen LogP contribution in [-0.2, 0) is 4.74 Å². The van der Waals surface area contributed by atoms with Crippen molar-refractivity contribution in [3.63, 3.8) is 0 Å². The highest BCUT2D eigenvalue weighted by atomic mass is 35.5. The van der Waals surface area contributed by atoms with Crippen molar-refractivity contribution in [2.24, 2.45) is 0 Å². The lowest BCUT2D eigenvalue weighted by Gasteiger charge is -2.13. The van der Waals surface area contributed by atoms with Crippen LogP contribution in [0.3, 0.4) is 0 Å². The van der Waals surface area contributed by atoms with Crippen LogP contribution in [0.15, 0.2) is 36.4 Å². The predicted molar refractivity (Wildman–Crippen MR) is 77.8 cm³/mol. The average Bonchev–Trinajstić information content (AvgIpc) is 2.40. The first-order chi connectivity index (χ1) is 9.56. The molecule has 0 aliphatic rings. The van der Waals surface area contributed by atoms with Crippen molar-refractivity contribution in [2.45, 2.75) is 6.92 Å². The van der Waals surface area contributed by atoms with E-state index in [1.54, 1.807) is 25.1 Å². The van der Waals surface area contributed by atoms with Crippen LogP contribution < -0.4 is 0 Å². The third kappa shape index (κ3) is 2.79. The fourth-order valence-electron chi connectivity index (χ4n) is 1.89. The Kier molecular flexibility index (Phi) is 4.63. The number of ether oxygens (including phenoxy) is 1. The molecule has 0 heterocycles. The van der Waals surface area contributed by atoms with Crippen molar-refractivity contribution in [3.05, 3.63) is 57.8 Å². The van der Waals surface area contributed by atoms with Gasteiger partial charge in [0, 0.05) is 11.1 Å². The maximum absolute atomic E-state index is 14.2. The van der Waals surface area contributed by atoms with Gasteiger partial charge in [0.25, 0.3) is 0 Å². The van der Waals surface area contributed by atoms with Crippen LogP contribution in [0.5, 0.6) is 0 Å². The minimum absolute atomic E-state index is 0.0570. The highest BCUT2D eigenvalue weighted by Gasteiger charge is 2.21. The van der Waals surface area contributed by atoms with E-state index in [9.17, 15) is 9.18 Å². The van der Waals surface area contributed by atoms with Gasteiger partial charge in [-0.3, -0.25) is 0 Å². The Morgan fingerprint density at radius 3 is 2.30 bits per heavy atom. The summed E-state index contributed by atoms with van der Waals surface area (Å²) in [7, 11) is 0. The van der Waals surface area contributed by atoms with Gasteiger partial charge >= 0.3 is 5.97 Å². The highest BCUT2D eigenvalue weighted by molar-refractivity contribution is 6.39. The smallest absolute Gasteiger partial charge is 0.338 e. The Morgan fingerprint density at radius 1 is 1.10 bits per heavy atom. The SMILES string of the molecule is CCOC(=O)c1cccc(F)c1-c1c(Cl)cccc1Cl. The van der Waals surface area contributed by atoms with E-state index in [1.165, 1.54) is 18.2 Å². The molecule has 5 heteroatoms. The number of rotatable bonds is 3. The minimum Gasteiger partial charge on any atom is -0.462 e. The molecular formula is C15H11Cl2FO2. The van der Waals surface area contributed by atoms with Gasteiger partial charge in [-0.1, -0.05) is 35.3 Å². The molecule has 2 nitrogen and oxygen atoms in total. The molecule has 0 unspecified atom stereocenters. The van der Waals surface area contributed by atoms with Crippen molar-refractivity contribution >= 4 is 29.2 Å². The first kappa shape index (κ1) is 14.8. The monoisotopic (exact) mass is 312 g/mol. The predicted octanol–water partition coefficient (Wildman–Crippen LogP) is 4.98. The van der Waals surface area contributed by atoms with Crippen LogP contribution in [-0.4, -0.2) is 12.6 Å². The van der Waals surface area contributed by atoms with E-state index in [0.717, 1.165) is 0 Å². The summed E-state index contributed by atoms with van der Waals surface area (Å²) in [6, 6.07) is 9.00. The molecule has 104 valence electrons. The maximum Gasteiger partial charge on any atom is 0.338 e. The van der Waals surface area contributed by atoms with Crippen molar-refractivity contribution in [2.75, 3.05) is 6.61 Å². The van der Waals surface area contributed by atoms with Crippen LogP contribution in [0.25, 0.3) is 11.1 Å².